The maximum absolute atomic E-state index is 2.40. The number of rotatable bonds is 3. The monoisotopic (exact) mass is 422 g/mol. The second-order valence-electron chi connectivity index (χ2n) is 9.10. The smallest absolute Gasteiger partial charge is 0.00325 e. The Bertz CT molecular complexity index is 1620. The number of allylic oxidation sites excluding steroid dienone is 4. The van der Waals surface area contributed by atoms with E-state index in [9.17, 15) is 0 Å². The summed E-state index contributed by atoms with van der Waals surface area (Å²) in [6, 6.07) is 35.1. The third-order valence-electron chi connectivity index (χ3n) is 7.03. The van der Waals surface area contributed by atoms with Gasteiger partial charge in [-0.1, -0.05) is 114 Å². The molecular weight excluding hydrogens is 396 g/mol. The van der Waals surface area contributed by atoms with Gasteiger partial charge in [0.2, 0.25) is 0 Å². The Balaban J connectivity index is 1.80. The summed E-state index contributed by atoms with van der Waals surface area (Å²) in [4.78, 5) is 0. The number of hydrogen-bond acceptors (Lipinski definition) is 0. The van der Waals surface area contributed by atoms with Crippen LogP contribution >= 0.6 is 0 Å². The third-order valence-corrected chi connectivity index (χ3v) is 7.03. The normalized spacial score (nSPS) is 13.9. The summed E-state index contributed by atoms with van der Waals surface area (Å²) < 4.78 is 0. The summed E-state index contributed by atoms with van der Waals surface area (Å²) in [7, 11) is 0. The van der Waals surface area contributed by atoms with E-state index >= 15 is 0 Å². The number of benzene rings is 4. The lowest BCUT2D eigenvalue weighted by molar-refractivity contribution is 1.22. The van der Waals surface area contributed by atoms with Crippen LogP contribution in [0.5, 0.6) is 0 Å². The lowest BCUT2D eigenvalue weighted by Crippen LogP contribution is -2.16. The zero-order valence-corrected chi connectivity index (χ0v) is 19.1. The van der Waals surface area contributed by atoms with Crippen molar-refractivity contribution in [1.82, 2.24) is 0 Å². The Morgan fingerprint density at radius 2 is 1.24 bits per heavy atom. The second-order valence-corrected chi connectivity index (χ2v) is 9.10. The topological polar surface area (TPSA) is 0 Å². The summed E-state index contributed by atoms with van der Waals surface area (Å²) in [5, 5.41) is 5.30. The van der Waals surface area contributed by atoms with Gasteiger partial charge in [0.15, 0.2) is 0 Å². The summed E-state index contributed by atoms with van der Waals surface area (Å²) in [6.07, 6.45) is 5.80. The molecule has 0 heterocycles. The van der Waals surface area contributed by atoms with Crippen molar-refractivity contribution in [1.29, 1.82) is 0 Å². The van der Waals surface area contributed by atoms with E-state index in [2.05, 4.69) is 123 Å². The Kier molecular flexibility index (Phi) is 4.73. The quantitative estimate of drug-likeness (QED) is 0.312. The molecule has 0 atom stereocenters. The van der Waals surface area contributed by atoms with Crippen molar-refractivity contribution >= 4 is 17.2 Å². The molecule has 0 aromatic heterocycles. The summed E-state index contributed by atoms with van der Waals surface area (Å²) in [5.74, 6) is 0. The molecule has 6 rings (SSSR count). The predicted molar refractivity (Wildman–Crippen MR) is 139 cm³/mol. The van der Waals surface area contributed by atoms with Gasteiger partial charge < -0.3 is 0 Å². The maximum atomic E-state index is 2.40. The van der Waals surface area contributed by atoms with Gasteiger partial charge in [-0.25, -0.2) is 0 Å². The highest BCUT2D eigenvalue weighted by atomic mass is 14.2. The van der Waals surface area contributed by atoms with E-state index in [0.29, 0.717) is 0 Å². The molecule has 0 radical (unpaired) electrons. The molecule has 4 aromatic carbocycles. The minimum atomic E-state index is 1.01. The van der Waals surface area contributed by atoms with Crippen molar-refractivity contribution in [3.05, 3.63) is 157 Å². The lowest BCUT2D eigenvalue weighted by atomic mass is 9.88. The van der Waals surface area contributed by atoms with Crippen molar-refractivity contribution < 1.29 is 0 Å². The zero-order valence-electron chi connectivity index (χ0n) is 19.1. The molecule has 33 heavy (non-hydrogen) atoms. The first kappa shape index (κ1) is 19.8. The van der Waals surface area contributed by atoms with Gasteiger partial charge in [0, 0.05) is 0 Å². The molecule has 4 aromatic rings. The molecule has 0 heteroatoms. The van der Waals surface area contributed by atoms with Crippen LogP contribution in [0.2, 0.25) is 0 Å². The summed E-state index contributed by atoms with van der Waals surface area (Å²) in [5.41, 5.74) is 10.8. The fourth-order valence-electron chi connectivity index (χ4n) is 5.29. The van der Waals surface area contributed by atoms with Gasteiger partial charge in [0.1, 0.15) is 0 Å². The Labute approximate surface area is 194 Å². The van der Waals surface area contributed by atoms with E-state index < -0.39 is 0 Å². The first-order valence-corrected chi connectivity index (χ1v) is 11.7. The molecule has 2 aliphatic carbocycles. The number of fused-ring (bicyclic) bond motifs is 2. The van der Waals surface area contributed by atoms with Crippen LogP contribution in [-0.4, -0.2) is 0 Å². The molecule has 0 unspecified atom stereocenters. The first-order valence-electron chi connectivity index (χ1n) is 11.7. The van der Waals surface area contributed by atoms with Crippen molar-refractivity contribution in [2.24, 2.45) is 0 Å². The predicted octanol–water partition coefficient (Wildman–Crippen LogP) is 6.49. The second kappa shape index (κ2) is 7.90. The van der Waals surface area contributed by atoms with Gasteiger partial charge in [-0.3, -0.25) is 0 Å². The van der Waals surface area contributed by atoms with Gasteiger partial charge in [-0.15, -0.1) is 0 Å². The van der Waals surface area contributed by atoms with E-state index in [1.807, 2.05) is 0 Å². The molecule has 0 nitrogen and oxygen atoms in total. The van der Waals surface area contributed by atoms with Gasteiger partial charge in [-0.05, 0) is 80.6 Å². The maximum Gasteiger partial charge on any atom is -0.00325 e. The van der Waals surface area contributed by atoms with Crippen LogP contribution in [0.25, 0.3) is 17.2 Å². The van der Waals surface area contributed by atoms with Gasteiger partial charge in [0.25, 0.3) is 0 Å². The van der Waals surface area contributed by atoms with Crippen LogP contribution < -0.4 is 10.4 Å². The van der Waals surface area contributed by atoms with Crippen LogP contribution in [0, 0.1) is 10.4 Å². The van der Waals surface area contributed by atoms with Gasteiger partial charge >= 0.3 is 0 Å². The minimum absolute atomic E-state index is 1.01. The Morgan fingerprint density at radius 1 is 0.606 bits per heavy atom. The molecule has 0 saturated heterocycles. The average Bonchev–Trinajstić information content (AvgIpc) is 3.39. The molecule has 0 aliphatic heterocycles. The summed E-state index contributed by atoms with van der Waals surface area (Å²) >= 11 is 0. The molecule has 0 spiro atoms. The molecule has 0 fully saturated rings. The highest BCUT2D eigenvalue weighted by molar-refractivity contribution is 5.87. The van der Waals surface area contributed by atoms with Crippen LogP contribution in [-0.2, 0) is 0 Å². The standard InChI is InChI=1S/C33H26/c1-22-19-27(20-23(22)2)33-30(18-17-29-28-16-10-9-15-26(28)21-31(29)33)32(24-11-5-3-6-12-24)25-13-7-4-8-14-25/h3-19,21H,20H2,1-2H3. The van der Waals surface area contributed by atoms with E-state index in [0.717, 1.165) is 6.42 Å². The number of hydrogen-bond donors (Lipinski definition) is 0. The van der Waals surface area contributed by atoms with E-state index in [4.69, 9.17) is 0 Å². The van der Waals surface area contributed by atoms with Gasteiger partial charge in [-0.2, -0.15) is 0 Å². The highest BCUT2D eigenvalue weighted by Crippen LogP contribution is 2.34. The molecule has 2 aliphatic rings. The SMILES string of the molecule is CC1=C(C)CC(c2c3c(ccc2=C(c2ccccc2)c2ccccc2)=c2ccccc2=C3)=C1. The molecule has 0 bridgehead atoms. The molecule has 0 N–H and O–H groups in total. The Morgan fingerprint density at radius 3 is 1.88 bits per heavy atom. The van der Waals surface area contributed by atoms with Crippen molar-refractivity contribution in [3.63, 3.8) is 0 Å². The van der Waals surface area contributed by atoms with Crippen molar-refractivity contribution in [3.8, 4) is 0 Å². The molecule has 0 saturated carbocycles. The zero-order chi connectivity index (χ0) is 22.4. The Hall–Kier alpha value is -3.90. The van der Waals surface area contributed by atoms with E-state index in [1.54, 1.807) is 0 Å². The third kappa shape index (κ3) is 3.31. The van der Waals surface area contributed by atoms with Crippen LogP contribution in [0.4, 0.5) is 0 Å². The first-order chi connectivity index (χ1) is 16.2. The van der Waals surface area contributed by atoms with Crippen LogP contribution in [0.15, 0.2) is 114 Å². The fourth-order valence-corrected chi connectivity index (χ4v) is 5.29. The average molecular weight is 423 g/mol. The van der Waals surface area contributed by atoms with Crippen LogP contribution in [0.1, 0.15) is 42.5 Å². The van der Waals surface area contributed by atoms with E-state index in [1.165, 1.54) is 65.4 Å². The van der Waals surface area contributed by atoms with Crippen molar-refractivity contribution in [2.45, 2.75) is 20.3 Å². The lowest BCUT2D eigenvalue weighted by Gasteiger charge is -2.15. The highest BCUT2D eigenvalue weighted by Gasteiger charge is 2.20. The largest absolute Gasteiger partial charge is 0.0660 e. The van der Waals surface area contributed by atoms with E-state index in [-0.39, 0.29) is 0 Å². The molecule has 0 amide bonds. The van der Waals surface area contributed by atoms with Crippen molar-refractivity contribution in [2.75, 3.05) is 0 Å². The van der Waals surface area contributed by atoms with Gasteiger partial charge in [0.05, 0.1) is 0 Å². The van der Waals surface area contributed by atoms with Crippen LogP contribution in [0.3, 0.4) is 0 Å². The fraction of sp³-hybridized carbons (Fsp3) is 0.0909. The molecular formula is C33H26. The minimum Gasteiger partial charge on any atom is -0.0660 e. The summed E-state index contributed by atoms with van der Waals surface area (Å²) in [6.45, 7) is 4.50. The molecule has 158 valence electrons.